The van der Waals surface area contributed by atoms with Crippen LogP contribution in [-0.2, 0) is 0 Å². The Hall–Kier alpha value is -3.94. The van der Waals surface area contributed by atoms with Crippen molar-refractivity contribution in [1.29, 1.82) is 0 Å². The molecule has 1 aromatic carbocycles. The van der Waals surface area contributed by atoms with Crippen LogP contribution in [0.25, 0.3) is 5.57 Å². The predicted octanol–water partition coefficient (Wildman–Crippen LogP) is 13.5. The van der Waals surface area contributed by atoms with Crippen molar-refractivity contribution in [1.82, 2.24) is 5.32 Å². The maximum atomic E-state index is 4.92. The summed E-state index contributed by atoms with van der Waals surface area (Å²) in [5, 5.41) is 4.22. The summed E-state index contributed by atoms with van der Waals surface area (Å²) in [6.07, 6.45) is 52.1. The Labute approximate surface area is 332 Å². The zero-order chi connectivity index (χ0) is 37.8. The van der Waals surface area contributed by atoms with E-state index in [1.807, 2.05) is 0 Å². The molecule has 284 valence electrons. The van der Waals surface area contributed by atoms with Crippen molar-refractivity contribution < 1.29 is 0 Å². The summed E-state index contributed by atoms with van der Waals surface area (Å²) in [6, 6.07) is 11.0. The fourth-order valence-corrected chi connectivity index (χ4v) is 12.9. The molecule has 1 heterocycles. The van der Waals surface area contributed by atoms with Crippen molar-refractivity contribution in [3.8, 4) is 0 Å². The van der Waals surface area contributed by atoms with Crippen LogP contribution in [0.4, 0.5) is 0 Å². The summed E-state index contributed by atoms with van der Waals surface area (Å²) in [5.41, 5.74) is 11.6. The van der Waals surface area contributed by atoms with Gasteiger partial charge in [-0.1, -0.05) is 159 Å². The summed E-state index contributed by atoms with van der Waals surface area (Å²) in [5.74, 6) is 2.99. The van der Waals surface area contributed by atoms with Gasteiger partial charge in [0.15, 0.2) is 0 Å². The standard InChI is InChI=1S/C54H63N/c1-37-34-43(40-19-8-6-9-20-40)29-32-48(37)53(5)36-47(39(3)51(55-53)42-21-10-7-11-22-42)41-27-30-46(31-28-41)54(52(4)33-17-16-18-38(52)2)49-25-14-12-23-44(49)35-45-24-13-15-26-50(45)54/h6,8-10,12,14,16-17,19-25,27,29-31,34,36,38,41,44,48-51,55H,3,7,11,13,15,18,26,28,32-33,35H2,1-2,4-5H3. The zero-order valence-corrected chi connectivity index (χ0v) is 33.9. The van der Waals surface area contributed by atoms with Gasteiger partial charge in [0.1, 0.15) is 0 Å². The highest BCUT2D eigenvalue weighted by Crippen LogP contribution is 2.70. The van der Waals surface area contributed by atoms with Crippen LogP contribution in [0.2, 0.25) is 0 Å². The molecule has 1 heteroatoms. The predicted molar refractivity (Wildman–Crippen MR) is 234 cm³/mol. The van der Waals surface area contributed by atoms with E-state index in [1.165, 1.54) is 65.5 Å². The van der Waals surface area contributed by atoms with E-state index in [4.69, 9.17) is 6.58 Å². The SMILES string of the molecule is C=C1C(C2C=CC(C3(C4(C)CC=CCC4C)C4CCCC=C4CC4C=CC=CC43)=CC2)=CC(C)(C2CC=C(c3ccccc3)C=C2C)NC1C1=CCCC=C1. The van der Waals surface area contributed by atoms with E-state index >= 15 is 0 Å². The average molecular weight is 726 g/mol. The first-order chi connectivity index (χ1) is 26.7. The molecule has 0 saturated heterocycles. The van der Waals surface area contributed by atoms with Crippen LogP contribution in [0.1, 0.15) is 97.5 Å². The molecule has 10 unspecified atom stereocenters. The molecule has 1 N–H and O–H groups in total. The van der Waals surface area contributed by atoms with Gasteiger partial charge in [0.05, 0.1) is 6.04 Å². The van der Waals surface area contributed by atoms with Gasteiger partial charge >= 0.3 is 0 Å². The lowest BCUT2D eigenvalue weighted by Crippen LogP contribution is -2.59. The number of nitrogens with one attached hydrogen (secondary N) is 1. The van der Waals surface area contributed by atoms with Crippen LogP contribution < -0.4 is 5.32 Å². The molecule has 1 fully saturated rings. The Bertz CT molecular complexity index is 2040. The normalized spacial score (nSPS) is 39.6. The van der Waals surface area contributed by atoms with Crippen molar-refractivity contribution in [2.45, 2.75) is 103 Å². The van der Waals surface area contributed by atoms with Crippen LogP contribution >= 0.6 is 0 Å². The van der Waals surface area contributed by atoms with Crippen LogP contribution in [0.3, 0.4) is 0 Å². The monoisotopic (exact) mass is 725 g/mol. The van der Waals surface area contributed by atoms with Crippen molar-refractivity contribution in [2.24, 2.45) is 46.3 Å². The summed E-state index contributed by atoms with van der Waals surface area (Å²) in [6.45, 7) is 15.0. The summed E-state index contributed by atoms with van der Waals surface area (Å²) < 4.78 is 0. The largest absolute Gasteiger partial charge is 0.297 e. The lowest BCUT2D eigenvalue weighted by Gasteiger charge is -2.65. The quantitative estimate of drug-likeness (QED) is 0.288. The molecule has 0 bridgehead atoms. The van der Waals surface area contributed by atoms with Gasteiger partial charge in [0.25, 0.3) is 0 Å². The topological polar surface area (TPSA) is 12.0 Å². The van der Waals surface area contributed by atoms with Crippen molar-refractivity contribution in [2.75, 3.05) is 0 Å². The van der Waals surface area contributed by atoms with E-state index in [0.717, 1.165) is 32.1 Å². The Morgan fingerprint density at radius 3 is 2.44 bits per heavy atom. The Balaban J connectivity index is 1.10. The van der Waals surface area contributed by atoms with Gasteiger partial charge in [0.2, 0.25) is 0 Å². The van der Waals surface area contributed by atoms with Gasteiger partial charge in [-0.05, 0) is 141 Å². The number of fused-ring (bicyclic) bond motifs is 2. The summed E-state index contributed by atoms with van der Waals surface area (Å²) in [4.78, 5) is 0. The molecule has 1 saturated carbocycles. The minimum atomic E-state index is -0.208. The van der Waals surface area contributed by atoms with Crippen LogP contribution in [-0.4, -0.2) is 11.6 Å². The molecule has 8 aliphatic rings. The van der Waals surface area contributed by atoms with E-state index in [2.05, 4.69) is 161 Å². The van der Waals surface area contributed by atoms with Gasteiger partial charge in [-0.3, -0.25) is 5.32 Å². The minimum absolute atomic E-state index is 0.0656. The van der Waals surface area contributed by atoms with Gasteiger partial charge in [0, 0.05) is 22.8 Å². The first kappa shape index (κ1) is 36.7. The lowest BCUT2D eigenvalue weighted by molar-refractivity contribution is -0.0725. The first-order valence-electron chi connectivity index (χ1n) is 21.8. The summed E-state index contributed by atoms with van der Waals surface area (Å²) >= 11 is 0. The lowest BCUT2D eigenvalue weighted by atomic mass is 9.38. The molecule has 1 aromatic rings. The fraction of sp³-hybridized carbons (Fsp3) is 0.444. The van der Waals surface area contributed by atoms with Crippen molar-refractivity contribution >= 4 is 5.57 Å². The first-order valence-corrected chi connectivity index (χ1v) is 21.8. The van der Waals surface area contributed by atoms with Gasteiger partial charge in [-0.25, -0.2) is 0 Å². The maximum Gasteiger partial charge on any atom is 0.0577 e. The third kappa shape index (κ3) is 6.07. The van der Waals surface area contributed by atoms with Gasteiger partial charge in [-0.2, -0.15) is 0 Å². The number of hydrogen-bond acceptors (Lipinski definition) is 1. The van der Waals surface area contributed by atoms with Gasteiger partial charge < -0.3 is 0 Å². The molecule has 0 aromatic heterocycles. The number of hydrogen-bond donors (Lipinski definition) is 1. The number of benzene rings is 1. The molecule has 10 atom stereocenters. The van der Waals surface area contributed by atoms with E-state index in [0.29, 0.717) is 35.5 Å². The van der Waals surface area contributed by atoms with Crippen LogP contribution in [0.15, 0.2) is 168 Å². The second-order valence-corrected chi connectivity index (χ2v) is 18.8. The highest BCUT2D eigenvalue weighted by Gasteiger charge is 2.63. The minimum Gasteiger partial charge on any atom is -0.297 e. The second-order valence-electron chi connectivity index (χ2n) is 18.8. The molecule has 0 spiro atoms. The average Bonchev–Trinajstić information content (AvgIpc) is 3.22. The third-order valence-corrected chi connectivity index (χ3v) is 15.9. The fourth-order valence-electron chi connectivity index (χ4n) is 12.9. The van der Waals surface area contributed by atoms with E-state index in [1.54, 1.807) is 11.1 Å². The highest BCUT2D eigenvalue weighted by atomic mass is 15.0. The Morgan fingerprint density at radius 2 is 1.67 bits per heavy atom. The number of rotatable bonds is 6. The van der Waals surface area contributed by atoms with Crippen LogP contribution in [0.5, 0.6) is 0 Å². The molecular weight excluding hydrogens is 663 g/mol. The van der Waals surface area contributed by atoms with Crippen molar-refractivity contribution in [3.63, 3.8) is 0 Å². The zero-order valence-electron chi connectivity index (χ0n) is 33.9. The molecule has 1 aliphatic heterocycles. The smallest absolute Gasteiger partial charge is 0.0577 e. The Morgan fingerprint density at radius 1 is 0.818 bits per heavy atom. The molecule has 55 heavy (non-hydrogen) atoms. The molecule has 7 aliphatic carbocycles. The molecule has 0 radical (unpaired) electrons. The Kier molecular flexibility index (Phi) is 9.69. The van der Waals surface area contributed by atoms with E-state index in [-0.39, 0.29) is 22.4 Å². The molecule has 9 rings (SSSR count). The maximum absolute atomic E-state index is 4.92. The van der Waals surface area contributed by atoms with Crippen LogP contribution in [0, 0.1) is 46.3 Å². The molecular formula is C54H63N. The third-order valence-electron chi connectivity index (χ3n) is 15.9. The second kappa shape index (κ2) is 14.5. The van der Waals surface area contributed by atoms with Gasteiger partial charge in [-0.15, -0.1) is 0 Å². The molecule has 1 nitrogen and oxygen atoms in total. The molecule has 0 amide bonds. The van der Waals surface area contributed by atoms with E-state index < -0.39 is 0 Å². The highest BCUT2D eigenvalue weighted by molar-refractivity contribution is 5.76. The summed E-state index contributed by atoms with van der Waals surface area (Å²) in [7, 11) is 0. The van der Waals surface area contributed by atoms with E-state index in [9.17, 15) is 0 Å². The van der Waals surface area contributed by atoms with Crippen molar-refractivity contribution in [3.05, 3.63) is 173 Å². The number of allylic oxidation sites excluding steroid dienone is 17.